The molecule has 1 aliphatic heterocycles. The molecule has 0 saturated carbocycles. The van der Waals surface area contributed by atoms with Crippen molar-refractivity contribution >= 4 is 15.4 Å². The molecule has 0 aromatic heterocycles. The quantitative estimate of drug-likeness (QED) is 0.305. The van der Waals surface area contributed by atoms with Crippen LogP contribution in [0.5, 0.6) is 0 Å². The van der Waals surface area contributed by atoms with Gasteiger partial charge in [0.05, 0.1) is 18.9 Å². The van der Waals surface area contributed by atoms with Crippen molar-refractivity contribution in [2.45, 2.75) is 24.4 Å². The number of aliphatic hydroxyl groups is 2. The minimum Gasteiger partial charge on any atom is -0.388 e. The van der Waals surface area contributed by atoms with E-state index in [-0.39, 0.29) is 0 Å². The van der Waals surface area contributed by atoms with Crippen LogP contribution in [-0.4, -0.2) is 67.0 Å². The molecule has 6 N–H and O–H groups in total. The predicted molar refractivity (Wildman–Crippen MR) is 55.6 cm³/mol. The minimum atomic E-state index is -4.75. The molecule has 10 nitrogen and oxygen atoms in total. The Morgan fingerprint density at radius 2 is 1.50 bits per heavy atom. The van der Waals surface area contributed by atoms with Gasteiger partial charge in [0.15, 0.2) is 0 Å². The summed E-state index contributed by atoms with van der Waals surface area (Å²) in [6.07, 6.45) is -6.52. The fraction of sp³-hybridized carbons (Fsp3) is 1.00. The first-order valence-electron chi connectivity index (χ1n) is 4.76. The van der Waals surface area contributed by atoms with E-state index in [4.69, 9.17) is 24.3 Å². The maximum absolute atomic E-state index is 10.7. The zero-order valence-corrected chi connectivity index (χ0v) is 10.7. The van der Waals surface area contributed by atoms with Gasteiger partial charge in [-0.15, -0.1) is 0 Å². The first kappa shape index (κ1) is 16.2. The topological polar surface area (TPSA) is 174 Å². The molecule has 1 aliphatic rings. The molecule has 18 heavy (non-hydrogen) atoms. The molecule has 1 saturated heterocycles. The summed E-state index contributed by atoms with van der Waals surface area (Å²) in [5.41, 5.74) is 0. The van der Waals surface area contributed by atoms with Gasteiger partial charge in [0, 0.05) is 0 Å². The van der Waals surface area contributed by atoms with Crippen molar-refractivity contribution in [3.05, 3.63) is 0 Å². The van der Waals surface area contributed by atoms with Gasteiger partial charge in [-0.05, 0) is 0 Å². The molecule has 0 spiro atoms. The number of ether oxygens (including phenoxy) is 1. The van der Waals surface area contributed by atoms with Crippen LogP contribution in [0, 0.1) is 0 Å². The van der Waals surface area contributed by atoms with Gasteiger partial charge in [-0.25, -0.2) is 4.57 Å². The average Bonchev–Trinajstić information content (AvgIpc) is 2.40. The zero-order valence-electron chi connectivity index (χ0n) is 8.93. The van der Waals surface area contributed by atoms with Crippen LogP contribution in [0.25, 0.3) is 0 Å². The van der Waals surface area contributed by atoms with Crippen molar-refractivity contribution in [2.75, 3.05) is 12.8 Å². The molecule has 0 aromatic carbocycles. The third-order valence-electron chi connectivity index (χ3n) is 2.29. The molecule has 12 heteroatoms. The number of phosphoric acid groups is 1. The molecule has 0 radical (unpaired) electrons. The van der Waals surface area contributed by atoms with Crippen LogP contribution in [0.3, 0.4) is 0 Å². The molecular formula is C6H14O10P2. The smallest absolute Gasteiger partial charge is 0.388 e. The fourth-order valence-electron chi connectivity index (χ4n) is 1.52. The summed E-state index contributed by atoms with van der Waals surface area (Å²) in [6.45, 7) is -0.708. The Hall–Kier alpha value is 0.140. The lowest BCUT2D eigenvalue weighted by molar-refractivity contribution is -0.0170. The maximum Gasteiger partial charge on any atom is 0.469 e. The van der Waals surface area contributed by atoms with Crippen LogP contribution in [0.15, 0.2) is 0 Å². The second-order valence-corrected chi connectivity index (χ2v) is 6.76. The van der Waals surface area contributed by atoms with E-state index in [1.54, 1.807) is 0 Å². The van der Waals surface area contributed by atoms with Crippen LogP contribution >= 0.6 is 15.4 Å². The number of phosphoric ester groups is 1. The lowest BCUT2D eigenvalue weighted by atomic mass is 10.1. The average molecular weight is 308 g/mol. The van der Waals surface area contributed by atoms with Crippen molar-refractivity contribution in [1.29, 1.82) is 0 Å². The van der Waals surface area contributed by atoms with E-state index in [0.717, 1.165) is 0 Å². The van der Waals surface area contributed by atoms with Crippen LogP contribution in [0.4, 0.5) is 0 Å². The number of hydrogen-bond donors (Lipinski definition) is 6. The lowest BCUT2D eigenvalue weighted by Crippen LogP contribution is -2.35. The Kier molecular flexibility index (Phi) is 5.07. The Morgan fingerprint density at radius 1 is 1.00 bits per heavy atom. The number of hydrogen-bond acceptors (Lipinski definition) is 6. The Bertz CT molecular complexity index is 373. The molecule has 0 unspecified atom stereocenters. The van der Waals surface area contributed by atoms with Crippen molar-refractivity contribution in [3.8, 4) is 0 Å². The van der Waals surface area contributed by atoms with Gasteiger partial charge in [-0.2, -0.15) is 0 Å². The minimum absolute atomic E-state index is 0.708. The van der Waals surface area contributed by atoms with E-state index in [1.807, 2.05) is 0 Å². The predicted octanol–water partition coefficient (Wildman–Crippen LogP) is -2.24. The Balaban J connectivity index is 2.59. The van der Waals surface area contributed by atoms with Crippen LogP contribution < -0.4 is 0 Å². The molecule has 0 bridgehead atoms. The molecule has 4 atom stereocenters. The summed E-state index contributed by atoms with van der Waals surface area (Å²) < 4.78 is 30.1. The SMILES string of the molecule is O=P(O)(O)C[C@H]1O[C@H](COP(=O)(O)O)[C@@H](O)[C@H]1O. The van der Waals surface area contributed by atoms with Crippen molar-refractivity contribution in [1.82, 2.24) is 0 Å². The van der Waals surface area contributed by atoms with E-state index in [2.05, 4.69) is 4.52 Å². The molecule has 0 aromatic rings. The molecule has 1 rings (SSSR count). The summed E-state index contributed by atoms with van der Waals surface area (Å²) >= 11 is 0. The maximum atomic E-state index is 10.7. The fourth-order valence-corrected chi connectivity index (χ4v) is 2.63. The van der Waals surface area contributed by atoms with Gasteiger partial charge in [-0.1, -0.05) is 0 Å². The van der Waals surface area contributed by atoms with E-state index in [1.165, 1.54) is 0 Å². The van der Waals surface area contributed by atoms with Gasteiger partial charge < -0.3 is 34.5 Å². The molecule has 1 fully saturated rings. The van der Waals surface area contributed by atoms with Gasteiger partial charge in [0.2, 0.25) is 0 Å². The Labute approximate surface area is 102 Å². The standard InChI is InChI=1S/C6H14O10P2/c7-5-3(1-15-18(12,13)14)16-4(6(5)8)2-17(9,10)11/h3-8H,1-2H2,(H2,9,10,11)(H2,12,13,14)/t3-,4-,5-,6+/m1/s1. The summed E-state index contributed by atoms with van der Waals surface area (Å²) in [4.78, 5) is 34.3. The van der Waals surface area contributed by atoms with E-state index in [9.17, 15) is 19.3 Å². The number of aliphatic hydroxyl groups excluding tert-OH is 2. The van der Waals surface area contributed by atoms with Gasteiger partial charge in [0.25, 0.3) is 0 Å². The highest BCUT2D eigenvalue weighted by Gasteiger charge is 2.45. The van der Waals surface area contributed by atoms with Crippen molar-refractivity contribution in [2.24, 2.45) is 0 Å². The highest BCUT2D eigenvalue weighted by Crippen LogP contribution is 2.40. The summed E-state index contributed by atoms with van der Waals surface area (Å²) in [5, 5.41) is 18.9. The van der Waals surface area contributed by atoms with Gasteiger partial charge >= 0.3 is 15.4 Å². The monoisotopic (exact) mass is 308 g/mol. The first-order valence-corrected chi connectivity index (χ1v) is 8.08. The second kappa shape index (κ2) is 5.64. The first-order chi connectivity index (χ1) is 7.99. The summed E-state index contributed by atoms with van der Waals surface area (Å²) in [5.74, 6) is 0. The molecule has 108 valence electrons. The normalized spacial score (nSPS) is 33.9. The Morgan fingerprint density at radius 3 is 1.94 bits per heavy atom. The van der Waals surface area contributed by atoms with Crippen molar-refractivity contribution in [3.63, 3.8) is 0 Å². The summed E-state index contributed by atoms with van der Waals surface area (Å²) in [6, 6.07) is 0. The van der Waals surface area contributed by atoms with Gasteiger partial charge in [-0.3, -0.25) is 9.09 Å². The third kappa shape index (κ3) is 5.02. The van der Waals surface area contributed by atoms with E-state index < -0.39 is 52.6 Å². The molecule has 0 amide bonds. The highest BCUT2D eigenvalue weighted by molar-refractivity contribution is 7.51. The number of rotatable bonds is 5. The van der Waals surface area contributed by atoms with Crippen LogP contribution in [0.1, 0.15) is 0 Å². The highest BCUT2D eigenvalue weighted by atomic mass is 31.2. The second-order valence-electron chi connectivity index (χ2n) is 3.83. The molecule has 1 heterocycles. The van der Waals surface area contributed by atoms with Crippen LogP contribution in [-0.2, 0) is 18.4 Å². The van der Waals surface area contributed by atoms with Crippen molar-refractivity contribution < 1.29 is 48.2 Å². The van der Waals surface area contributed by atoms with E-state index in [0.29, 0.717) is 0 Å². The van der Waals surface area contributed by atoms with E-state index >= 15 is 0 Å². The van der Waals surface area contributed by atoms with Gasteiger partial charge in [0.1, 0.15) is 18.3 Å². The lowest BCUT2D eigenvalue weighted by Gasteiger charge is -2.15. The largest absolute Gasteiger partial charge is 0.469 e. The molecule has 0 aliphatic carbocycles. The third-order valence-corrected chi connectivity index (χ3v) is 3.61. The zero-order chi connectivity index (χ0) is 14.1. The van der Waals surface area contributed by atoms with Crippen LogP contribution in [0.2, 0.25) is 0 Å². The summed E-state index contributed by atoms with van der Waals surface area (Å²) in [7, 11) is -9.20. The molecular weight excluding hydrogens is 294 g/mol.